The van der Waals surface area contributed by atoms with Crippen molar-refractivity contribution >= 4 is 22.7 Å². The number of morpholine rings is 1. The van der Waals surface area contributed by atoms with Gasteiger partial charge in [0.05, 0.1) is 31.0 Å². The van der Waals surface area contributed by atoms with Crippen molar-refractivity contribution in [3.63, 3.8) is 0 Å². The fourth-order valence-electron chi connectivity index (χ4n) is 4.72. The van der Waals surface area contributed by atoms with Gasteiger partial charge in [0.15, 0.2) is 0 Å². The van der Waals surface area contributed by atoms with Crippen LogP contribution in [0.5, 0.6) is 5.75 Å². The summed E-state index contributed by atoms with van der Waals surface area (Å²) < 4.78 is 13.8. The molecule has 5 rings (SSSR count). The van der Waals surface area contributed by atoms with Gasteiger partial charge in [-0.15, -0.1) is 0 Å². The molecule has 2 aliphatic rings. The third-order valence-electron chi connectivity index (χ3n) is 6.45. The molecule has 190 valence electrons. The molecule has 1 aliphatic carbocycles. The second-order valence-corrected chi connectivity index (χ2v) is 8.56. The van der Waals surface area contributed by atoms with Gasteiger partial charge in [0.1, 0.15) is 11.3 Å². The summed E-state index contributed by atoms with van der Waals surface area (Å²) in [4.78, 5) is 27.8. The minimum absolute atomic E-state index is 0. The Balaban J connectivity index is 0.00000171. The van der Waals surface area contributed by atoms with Crippen molar-refractivity contribution in [3.8, 4) is 5.75 Å². The molecule has 0 amide bonds. The van der Waals surface area contributed by atoms with E-state index in [9.17, 15) is 4.79 Å². The van der Waals surface area contributed by atoms with E-state index in [1.54, 1.807) is 17.0 Å². The molecule has 0 atom stereocenters. The fraction of sp³-hybridized carbons (Fsp3) is 0.538. The molecule has 1 saturated carbocycles. The molecular formula is C26H38N6O3. The Morgan fingerprint density at radius 2 is 1.77 bits per heavy atom. The Morgan fingerprint density at radius 3 is 2.46 bits per heavy atom. The molecule has 3 aromatic rings. The summed E-state index contributed by atoms with van der Waals surface area (Å²) >= 11 is 0. The minimum Gasteiger partial charge on any atom is -0.488 e. The summed E-state index contributed by atoms with van der Waals surface area (Å²) in [6.45, 7) is 5.62. The van der Waals surface area contributed by atoms with E-state index in [1.165, 1.54) is 6.20 Å². The average Bonchev–Trinajstić information content (AvgIpc) is 2.86. The van der Waals surface area contributed by atoms with Crippen molar-refractivity contribution in [2.24, 2.45) is 0 Å². The molecule has 3 heterocycles. The monoisotopic (exact) mass is 482 g/mol. The zero-order valence-electron chi connectivity index (χ0n) is 18.9. The van der Waals surface area contributed by atoms with Crippen molar-refractivity contribution in [1.29, 1.82) is 0 Å². The van der Waals surface area contributed by atoms with Gasteiger partial charge in [-0.2, -0.15) is 0 Å². The standard InChI is InChI=1S/C24H30N6O3.2CH4/c1-2-30-22(31)16-27-20-14-18(29-10-12-32-13-11-29)15-21(23(20)30)33-19-6-4-17(5-7-19)28-24-25-8-3-9-26-24;;/h3,8-9,14-17,19H,2,4-7,10-13H2,1H3,(H,25,26,28);2*1H4. The summed E-state index contributed by atoms with van der Waals surface area (Å²) in [5, 5.41) is 3.42. The smallest absolute Gasteiger partial charge is 0.269 e. The van der Waals surface area contributed by atoms with E-state index in [-0.39, 0.29) is 26.5 Å². The maximum atomic E-state index is 12.5. The first kappa shape index (κ1) is 26.4. The molecule has 0 unspecified atom stereocenters. The van der Waals surface area contributed by atoms with Gasteiger partial charge in [0, 0.05) is 49.8 Å². The number of ether oxygens (including phenoxy) is 2. The van der Waals surface area contributed by atoms with Gasteiger partial charge in [-0.05, 0) is 44.7 Å². The second kappa shape index (κ2) is 12.0. The Hall–Kier alpha value is -3.20. The average molecular weight is 483 g/mol. The Kier molecular flexibility index (Phi) is 9.03. The van der Waals surface area contributed by atoms with Gasteiger partial charge in [-0.25, -0.2) is 15.0 Å². The van der Waals surface area contributed by atoms with Crippen molar-refractivity contribution < 1.29 is 9.47 Å². The summed E-state index contributed by atoms with van der Waals surface area (Å²) in [6.07, 6.45) is 8.78. The minimum atomic E-state index is -0.107. The molecule has 0 spiro atoms. The summed E-state index contributed by atoms with van der Waals surface area (Å²) in [5.41, 5.74) is 2.52. The van der Waals surface area contributed by atoms with Crippen LogP contribution in [0.2, 0.25) is 0 Å². The number of fused-ring (bicyclic) bond motifs is 1. The van der Waals surface area contributed by atoms with Crippen LogP contribution >= 0.6 is 0 Å². The normalized spacial score (nSPS) is 20.0. The molecule has 9 heteroatoms. The van der Waals surface area contributed by atoms with Crippen molar-refractivity contribution in [2.75, 3.05) is 36.5 Å². The second-order valence-electron chi connectivity index (χ2n) is 8.56. The van der Waals surface area contributed by atoms with Crippen LogP contribution < -0.4 is 20.5 Å². The van der Waals surface area contributed by atoms with E-state index in [2.05, 4.69) is 37.3 Å². The zero-order valence-corrected chi connectivity index (χ0v) is 18.9. The zero-order chi connectivity index (χ0) is 22.6. The largest absolute Gasteiger partial charge is 0.488 e. The number of nitrogens with one attached hydrogen (secondary N) is 1. The third kappa shape index (κ3) is 5.90. The molecule has 0 radical (unpaired) electrons. The predicted molar refractivity (Wildman–Crippen MR) is 140 cm³/mol. The molecule has 0 bridgehead atoms. The number of hydrogen-bond acceptors (Lipinski definition) is 8. The number of aryl methyl sites for hydroxylation is 1. The number of nitrogens with zero attached hydrogens (tertiary/aromatic N) is 5. The Morgan fingerprint density at radius 1 is 1.06 bits per heavy atom. The van der Waals surface area contributed by atoms with E-state index in [4.69, 9.17) is 9.47 Å². The molecule has 9 nitrogen and oxygen atoms in total. The highest BCUT2D eigenvalue weighted by molar-refractivity contribution is 5.86. The summed E-state index contributed by atoms with van der Waals surface area (Å²) in [7, 11) is 0. The maximum Gasteiger partial charge on any atom is 0.269 e. The molecule has 2 aromatic heterocycles. The lowest BCUT2D eigenvalue weighted by molar-refractivity contribution is 0.122. The molecular weight excluding hydrogens is 444 g/mol. The number of anilines is 2. The Bertz CT molecular complexity index is 1140. The molecule has 1 N–H and O–H groups in total. The van der Waals surface area contributed by atoms with Crippen LogP contribution in [0.25, 0.3) is 11.0 Å². The number of hydrogen-bond donors (Lipinski definition) is 1. The molecule has 2 fully saturated rings. The quantitative estimate of drug-likeness (QED) is 0.561. The first-order valence-corrected chi connectivity index (χ1v) is 11.8. The third-order valence-corrected chi connectivity index (χ3v) is 6.45. The fourth-order valence-corrected chi connectivity index (χ4v) is 4.72. The van der Waals surface area contributed by atoms with E-state index >= 15 is 0 Å². The van der Waals surface area contributed by atoms with Gasteiger partial charge >= 0.3 is 0 Å². The number of benzene rings is 1. The van der Waals surface area contributed by atoms with Crippen LogP contribution in [-0.4, -0.2) is 58.0 Å². The first-order valence-electron chi connectivity index (χ1n) is 11.8. The summed E-state index contributed by atoms with van der Waals surface area (Å²) in [6, 6.07) is 6.28. The topological polar surface area (TPSA) is 94.4 Å². The van der Waals surface area contributed by atoms with Crippen LogP contribution in [0.4, 0.5) is 11.6 Å². The van der Waals surface area contributed by atoms with Crippen LogP contribution in [0.3, 0.4) is 0 Å². The Labute approximate surface area is 207 Å². The molecule has 1 aromatic carbocycles. The summed E-state index contributed by atoms with van der Waals surface area (Å²) in [5.74, 6) is 1.41. The predicted octanol–water partition coefficient (Wildman–Crippen LogP) is 4.12. The number of aromatic nitrogens is 4. The van der Waals surface area contributed by atoms with Gasteiger partial charge in [-0.1, -0.05) is 14.9 Å². The SMILES string of the molecule is C.C.CCn1c(=O)cnc2cc(N3CCOCC3)cc(OC3CCC(Nc4ncccn4)CC3)c21. The van der Waals surface area contributed by atoms with Crippen molar-refractivity contribution in [1.82, 2.24) is 19.5 Å². The van der Waals surface area contributed by atoms with E-state index in [0.29, 0.717) is 31.7 Å². The molecule has 1 saturated heterocycles. The number of rotatable bonds is 6. The van der Waals surface area contributed by atoms with Crippen LogP contribution in [0.15, 0.2) is 41.6 Å². The highest BCUT2D eigenvalue weighted by Gasteiger charge is 2.25. The van der Waals surface area contributed by atoms with Crippen molar-refractivity contribution in [3.05, 3.63) is 47.1 Å². The van der Waals surface area contributed by atoms with E-state index < -0.39 is 0 Å². The van der Waals surface area contributed by atoms with Gasteiger partial charge in [-0.3, -0.25) is 4.79 Å². The van der Waals surface area contributed by atoms with Gasteiger partial charge in [0.25, 0.3) is 5.56 Å². The van der Waals surface area contributed by atoms with Crippen molar-refractivity contribution in [2.45, 2.75) is 66.2 Å². The highest BCUT2D eigenvalue weighted by Crippen LogP contribution is 2.34. The molecule has 1 aliphatic heterocycles. The van der Waals surface area contributed by atoms with E-state index in [0.717, 1.165) is 61.2 Å². The lowest BCUT2D eigenvalue weighted by Gasteiger charge is -2.32. The first-order chi connectivity index (χ1) is 16.2. The van der Waals surface area contributed by atoms with Gasteiger partial charge < -0.3 is 24.3 Å². The van der Waals surface area contributed by atoms with E-state index in [1.807, 2.05) is 13.0 Å². The molecule has 35 heavy (non-hydrogen) atoms. The van der Waals surface area contributed by atoms with Crippen LogP contribution in [-0.2, 0) is 11.3 Å². The highest BCUT2D eigenvalue weighted by atomic mass is 16.5. The lowest BCUT2D eigenvalue weighted by Crippen LogP contribution is -2.36. The lowest BCUT2D eigenvalue weighted by atomic mass is 9.93. The van der Waals surface area contributed by atoms with Crippen LogP contribution in [0, 0.1) is 0 Å². The maximum absolute atomic E-state index is 12.5. The van der Waals surface area contributed by atoms with Crippen LogP contribution in [0.1, 0.15) is 47.5 Å². The van der Waals surface area contributed by atoms with Gasteiger partial charge in [0.2, 0.25) is 5.95 Å².